The molecule has 0 spiro atoms. The first kappa shape index (κ1) is 12.3. The van der Waals surface area contributed by atoms with Crippen LogP contribution in [0.1, 0.15) is 17.3 Å². The van der Waals surface area contributed by atoms with Crippen LogP contribution in [0.4, 0.5) is 4.39 Å². The monoisotopic (exact) mass is 297 g/mol. The molecule has 1 heterocycles. The summed E-state index contributed by atoms with van der Waals surface area (Å²) in [7, 11) is 1.84. The quantitative estimate of drug-likeness (QED) is 0.946. The Labute approximate surface area is 108 Å². The fourth-order valence-electron chi connectivity index (χ4n) is 1.67. The molecule has 0 aliphatic carbocycles. The summed E-state index contributed by atoms with van der Waals surface area (Å²) in [5.74, 6) is -0.253. The molecule has 1 aromatic carbocycles. The van der Waals surface area contributed by atoms with Crippen molar-refractivity contribution >= 4 is 15.9 Å². The van der Waals surface area contributed by atoms with Crippen LogP contribution in [0, 0.1) is 5.82 Å². The Morgan fingerprint density at radius 3 is 2.88 bits per heavy atom. The molecule has 0 amide bonds. The predicted molar refractivity (Wildman–Crippen MR) is 67.9 cm³/mol. The normalized spacial score (nSPS) is 12.7. The van der Waals surface area contributed by atoms with E-state index in [2.05, 4.69) is 21.0 Å². The second-order valence-corrected chi connectivity index (χ2v) is 4.81. The van der Waals surface area contributed by atoms with Crippen LogP contribution < -0.4 is 5.73 Å². The van der Waals surface area contributed by atoms with Gasteiger partial charge in [0.25, 0.3) is 0 Å². The second kappa shape index (κ2) is 4.98. The molecule has 5 heteroatoms. The van der Waals surface area contributed by atoms with Gasteiger partial charge in [-0.05, 0) is 36.2 Å². The van der Waals surface area contributed by atoms with E-state index in [0.717, 1.165) is 15.7 Å². The van der Waals surface area contributed by atoms with Gasteiger partial charge in [-0.25, -0.2) is 4.39 Å². The van der Waals surface area contributed by atoms with E-state index in [-0.39, 0.29) is 11.9 Å². The second-order valence-electron chi connectivity index (χ2n) is 3.96. The lowest BCUT2D eigenvalue weighted by molar-refractivity contribution is 0.617. The third-order valence-corrected chi connectivity index (χ3v) is 3.34. The van der Waals surface area contributed by atoms with Crippen molar-refractivity contribution < 1.29 is 4.39 Å². The van der Waals surface area contributed by atoms with E-state index < -0.39 is 0 Å². The minimum absolute atomic E-state index is 0.228. The first-order valence-corrected chi connectivity index (χ1v) is 6.04. The molecule has 90 valence electrons. The van der Waals surface area contributed by atoms with Gasteiger partial charge in [-0.1, -0.05) is 15.9 Å². The van der Waals surface area contributed by atoms with Crippen LogP contribution >= 0.6 is 15.9 Å². The van der Waals surface area contributed by atoms with E-state index in [0.29, 0.717) is 6.42 Å². The molecule has 0 saturated heterocycles. The third-order valence-electron chi connectivity index (χ3n) is 2.56. The van der Waals surface area contributed by atoms with Crippen LogP contribution in [0.15, 0.2) is 34.9 Å². The molecule has 0 radical (unpaired) electrons. The van der Waals surface area contributed by atoms with Crippen LogP contribution in [0.3, 0.4) is 0 Å². The van der Waals surface area contributed by atoms with E-state index >= 15 is 0 Å². The number of aryl methyl sites for hydroxylation is 1. The Morgan fingerprint density at radius 1 is 1.47 bits per heavy atom. The van der Waals surface area contributed by atoms with Crippen LogP contribution in [-0.2, 0) is 13.5 Å². The molecule has 1 aromatic heterocycles. The summed E-state index contributed by atoms with van der Waals surface area (Å²) in [6.45, 7) is 0. The summed E-state index contributed by atoms with van der Waals surface area (Å²) >= 11 is 3.39. The highest BCUT2D eigenvalue weighted by molar-refractivity contribution is 9.10. The fraction of sp³-hybridized carbons (Fsp3) is 0.250. The molecule has 0 bridgehead atoms. The summed E-state index contributed by atoms with van der Waals surface area (Å²) in [4.78, 5) is 0. The van der Waals surface area contributed by atoms with Crippen molar-refractivity contribution in [1.29, 1.82) is 0 Å². The standard InChI is InChI=1S/C12H13BrFN3/c1-17-5-4-12(16-17)11(15)7-8-6-9(14)2-3-10(8)13/h2-6,11H,7,15H2,1H3. The van der Waals surface area contributed by atoms with E-state index in [1.165, 1.54) is 12.1 Å². The number of halogens is 2. The van der Waals surface area contributed by atoms with Gasteiger partial charge in [-0.2, -0.15) is 5.10 Å². The van der Waals surface area contributed by atoms with Crippen molar-refractivity contribution in [2.75, 3.05) is 0 Å². The SMILES string of the molecule is Cn1ccc(C(N)Cc2cc(F)ccc2Br)n1. The van der Waals surface area contributed by atoms with Gasteiger partial charge in [0.2, 0.25) is 0 Å². The summed E-state index contributed by atoms with van der Waals surface area (Å²) in [6, 6.07) is 6.25. The van der Waals surface area contributed by atoms with Crippen LogP contribution in [0.25, 0.3) is 0 Å². The molecule has 17 heavy (non-hydrogen) atoms. The number of benzene rings is 1. The first-order chi connectivity index (χ1) is 8.06. The van der Waals surface area contributed by atoms with Gasteiger partial charge in [-0.15, -0.1) is 0 Å². The van der Waals surface area contributed by atoms with E-state index in [4.69, 9.17) is 5.73 Å². The minimum Gasteiger partial charge on any atom is -0.322 e. The molecule has 0 fully saturated rings. The highest BCUT2D eigenvalue weighted by atomic mass is 79.9. The Hall–Kier alpha value is -1.20. The number of hydrogen-bond acceptors (Lipinski definition) is 2. The lowest BCUT2D eigenvalue weighted by Crippen LogP contribution is -2.14. The molecule has 1 atom stereocenters. The van der Waals surface area contributed by atoms with Crippen molar-refractivity contribution in [3.63, 3.8) is 0 Å². The maximum absolute atomic E-state index is 13.1. The molecule has 1 unspecified atom stereocenters. The molecule has 2 rings (SSSR count). The van der Waals surface area contributed by atoms with Gasteiger partial charge >= 0.3 is 0 Å². The molecule has 3 nitrogen and oxygen atoms in total. The zero-order valence-electron chi connectivity index (χ0n) is 9.40. The summed E-state index contributed by atoms with van der Waals surface area (Å²) in [5, 5.41) is 4.24. The number of nitrogens with two attached hydrogens (primary N) is 1. The average molecular weight is 298 g/mol. The van der Waals surface area contributed by atoms with Gasteiger partial charge < -0.3 is 5.73 Å². The molecule has 2 aromatic rings. The van der Waals surface area contributed by atoms with Gasteiger partial charge in [0.1, 0.15) is 5.82 Å². The van der Waals surface area contributed by atoms with Gasteiger partial charge in [0.15, 0.2) is 0 Å². The van der Waals surface area contributed by atoms with E-state index in [1.807, 2.05) is 19.3 Å². The number of rotatable bonds is 3. The number of aromatic nitrogens is 2. The minimum atomic E-state index is -0.253. The van der Waals surface area contributed by atoms with Crippen molar-refractivity contribution in [2.45, 2.75) is 12.5 Å². The Morgan fingerprint density at radius 2 is 2.24 bits per heavy atom. The Kier molecular flexibility index (Phi) is 3.59. The van der Waals surface area contributed by atoms with E-state index in [1.54, 1.807) is 10.7 Å². The summed E-state index contributed by atoms with van der Waals surface area (Å²) in [6.07, 6.45) is 2.39. The number of hydrogen-bond donors (Lipinski definition) is 1. The number of nitrogens with zero attached hydrogens (tertiary/aromatic N) is 2. The smallest absolute Gasteiger partial charge is 0.123 e. The Balaban J connectivity index is 2.18. The van der Waals surface area contributed by atoms with Crippen molar-refractivity contribution in [1.82, 2.24) is 9.78 Å². The zero-order chi connectivity index (χ0) is 12.4. The highest BCUT2D eigenvalue weighted by Gasteiger charge is 2.12. The molecular formula is C12H13BrFN3. The maximum Gasteiger partial charge on any atom is 0.123 e. The van der Waals surface area contributed by atoms with Gasteiger partial charge in [-0.3, -0.25) is 4.68 Å². The van der Waals surface area contributed by atoms with Crippen LogP contribution in [-0.4, -0.2) is 9.78 Å². The Bertz CT molecular complexity index is 524. The molecule has 0 saturated carbocycles. The molecular weight excluding hydrogens is 285 g/mol. The van der Waals surface area contributed by atoms with Crippen LogP contribution in [0.5, 0.6) is 0 Å². The highest BCUT2D eigenvalue weighted by Crippen LogP contribution is 2.22. The lowest BCUT2D eigenvalue weighted by Gasteiger charge is -2.10. The third kappa shape index (κ3) is 2.92. The van der Waals surface area contributed by atoms with E-state index in [9.17, 15) is 4.39 Å². The van der Waals surface area contributed by atoms with Crippen LogP contribution in [0.2, 0.25) is 0 Å². The largest absolute Gasteiger partial charge is 0.322 e. The average Bonchev–Trinajstić information content (AvgIpc) is 2.70. The fourth-order valence-corrected chi connectivity index (χ4v) is 2.08. The van der Waals surface area contributed by atoms with Crippen molar-refractivity contribution in [2.24, 2.45) is 12.8 Å². The van der Waals surface area contributed by atoms with Gasteiger partial charge in [0.05, 0.1) is 11.7 Å². The van der Waals surface area contributed by atoms with Crippen molar-refractivity contribution in [3.8, 4) is 0 Å². The van der Waals surface area contributed by atoms with Gasteiger partial charge in [0, 0.05) is 17.7 Å². The molecule has 2 N–H and O–H groups in total. The molecule has 0 aliphatic rings. The first-order valence-electron chi connectivity index (χ1n) is 5.25. The maximum atomic E-state index is 13.1. The molecule has 0 aliphatic heterocycles. The lowest BCUT2D eigenvalue weighted by atomic mass is 10.0. The summed E-state index contributed by atoms with van der Waals surface area (Å²) < 4.78 is 15.7. The zero-order valence-corrected chi connectivity index (χ0v) is 11.0. The summed E-state index contributed by atoms with van der Waals surface area (Å²) in [5.41, 5.74) is 7.70. The predicted octanol–water partition coefficient (Wildman–Crippen LogP) is 2.56. The topological polar surface area (TPSA) is 43.8 Å². The van der Waals surface area contributed by atoms with Crippen molar-refractivity contribution in [3.05, 3.63) is 52.0 Å².